The molecule has 2 N–H and O–H groups in total. The van der Waals surface area contributed by atoms with Gasteiger partial charge in [-0.3, -0.25) is 4.79 Å². The summed E-state index contributed by atoms with van der Waals surface area (Å²) in [6.45, 7) is 9.57. The SMILES string of the molecule is CC(C)C(=O)N1CC(CN)OC(C)(C)C1. The average Bonchev–Trinajstić information content (AvgIpc) is 2.13. The van der Waals surface area contributed by atoms with Gasteiger partial charge >= 0.3 is 0 Å². The van der Waals surface area contributed by atoms with Crippen molar-refractivity contribution in [2.45, 2.75) is 39.4 Å². The quantitative estimate of drug-likeness (QED) is 0.732. The minimum atomic E-state index is -0.285. The molecular weight excluding hydrogens is 192 g/mol. The molecule has 4 nitrogen and oxygen atoms in total. The second-order valence-electron chi connectivity index (χ2n) is 5.11. The van der Waals surface area contributed by atoms with Crippen molar-refractivity contribution in [1.82, 2.24) is 4.90 Å². The molecule has 1 heterocycles. The van der Waals surface area contributed by atoms with Crippen molar-refractivity contribution in [1.29, 1.82) is 0 Å². The van der Waals surface area contributed by atoms with Gasteiger partial charge in [0.25, 0.3) is 0 Å². The number of carbonyl (C=O) groups excluding carboxylic acids is 1. The Morgan fingerprint density at radius 2 is 2.20 bits per heavy atom. The first-order chi connectivity index (χ1) is 6.85. The van der Waals surface area contributed by atoms with Gasteiger partial charge in [-0.25, -0.2) is 0 Å². The molecule has 0 saturated carbocycles. The molecule has 1 rings (SSSR count). The topological polar surface area (TPSA) is 55.6 Å². The van der Waals surface area contributed by atoms with E-state index in [-0.39, 0.29) is 23.5 Å². The number of morpholine rings is 1. The monoisotopic (exact) mass is 214 g/mol. The first kappa shape index (κ1) is 12.5. The van der Waals surface area contributed by atoms with Crippen LogP contribution in [0.15, 0.2) is 0 Å². The van der Waals surface area contributed by atoms with Crippen molar-refractivity contribution in [3.8, 4) is 0 Å². The fourth-order valence-corrected chi connectivity index (χ4v) is 1.95. The van der Waals surface area contributed by atoms with Gasteiger partial charge in [0.05, 0.1) is 11.7 Å². The summed E-state index contributed by atoms with van der Waals surface area (Å²) in [7, 11) is 0. The Morgan fingerprint density at radius 3 is 2.67 bits per heavy atom. The molecule has 4 heteroatoms. The van der Waals surface area contributed by atoms with Crippen LogP contribution in [-0.2, 0) is 9.53 Å². The van der Waals surface area contributed by atoms with Crippen molar-refractivity contribution in [3.05, 3.63) is 0 Å². The van der Waals surface area contributed by atoms with E-state index in [9.17, 15) is 4.79 Å². The molecule has 1 aliphatic rings. The fourth-order valence-electron chi connectivity index (χ4n) is 1.95. The lowest BCUT2D eigenvalue weighted by atomic mass is 10.0. The highest BCUT2D eigenvalue weighted by Gasteiger charge is 2.35. The van der Waals surface area contributed by atoms with E-state index in [0.29, 0.717) is 19.6 Å². The van der Waals surface area contributed by atoms with E-state index >= 15 is 0 Å². The van der Waals surface area contributed by atoms with Crippen molar-refractivity contribution >= 4 is 5.91 Å². The van der Waals surface area contributed by atoms with Gasteiger partial charge in [0.15, 0.2) is 0 Å². The lowest BCUT2D eigenvalue weighted by Gasteiger charge is -2.43. The van der Waals surface area contributed by atoms with Crippen LogP contribution in [0.5, 0.6) is 0 Å². The highest BCUT2D eigenvalue weighted by atomic mass is 16.5. The zero-order valence-corrected chi connectivity index (χ0v) is 10.1. The molecule has 15 heavy (non-hydrogen) atoms. The third kappa shape index (κ3) is 3.18. The fraction of sp³-hybridized carbons (Fsp3) is 0.909. The number of ether oxygens (including phenoxy) is 1. The molecule has 1 unspecified atom stereocenters. The molecule has 1 amide bonds. The van der Waals surface area contributed by atoms with Crippen LogP contribution in [0.25, 0.3) is 0 Å². The Bertz CT molecular complexity index is 239. The number of hydrogen-bond donors (Lipinski definition) is 1. The molecule has 0 aliphatic carbocycles. The van der Waals surface area contributed by atoms with Crippen molar-refractivity contribution in [2.75, 3.05) is 19.6 Å². The van der Waals surface area contributed by atoms with E-state index in [1.54, 1.807) is 0 Å². The zero-order chi connectivity index (χ0) is 11.6. The Morgan fingerprint density at radius 1 is 1.60 bits per heavy atom. The summed E-state index contributed by atoms with van der Waals surface area (Å²) in [5.74, 6) is 0.224. The average molecular weight is 214 g/mol. The Balaban J connectivity index is 2.70. The van der Waals surface area contributed by atoms with Crippen LogP contribution in [0.3, 0.4) is 0 Å². The molecular formula is C11H22N2O2. The van der Waals surface area contributed by atoms with E-state index < -0.39 is 0 Å². The third-order valence-corrected chi connectivity index (χ3v) is 2.55. The Kier molecular flexibility index (Phi) is 3.73. The molecule has 0 aromatic rings. The van der Waals surface area contributed by atoms with Gasteiger partial charge in [0.2, 0.25) is 5.91 Å². The third-order valence-electron chi connectivity index (χ3n) is 2.55. The van der Waals surface area contributed by atoms with Gasteiger partial charge < -0.3 is 15.4 Å². The maximum Gasteiger partial charge on any atom is 0.225 e. The van der Waals surface area contributed by atoms with Crippen molar-refractivity contribution < 1.29 is 9.53 Å². The van der Waals surface area contributed by atoms with Gasteiger partial charge in [-0.15, -0.1) is 0 Å². The minimum Gasteiger partial charge on any atom is -0.367 e. The summed E-state index contributed by atoms with van der Waals surface area (Å²) in [5.41, 5.74) is 5.31. The second-order valence-corrected chi connectivity index (χ2v) is 5.11. The predicted molar refractivity (Wildman–Crippen MR) is 59.4 cm³/mol. The van der Waals surface area contributed by atoms with Crippen LogP contribution in [0.4, 0.5) is 0 Å². The van der Waals surface area contributed by atoms with Gasteiger partial charge in [-0.05, 0) is 13.8 Å². The van der Waals surface area contributed by atoms with Gasteiger partial charge in [-0.1, -0.05) is 13.8 Å². The van der Waals surface area contributed by atoms with Gasteiger partial charge in [0, 0.05) is 25.6 Å². The number of nitrogens with zero attached hydrogens (tertiary/aromatic N) is 1. The molecule has 0 aromatic heterocycles. The van der Waals surface area contributed by atoms with Crippen LogP contribution in [0.1, 0.15) is 27.7 Å². The Labute approximate surface area is 91.8 Å². The van der Waals surface area contributed by atoms with Crippen LogP contribution in [-0.4, -0.2) is 42.1 Å². The van der Waals surface area contributed by atoms with Crippen molar-refractivity contribution in [3.63, 3.8) is 0 Å². The van der Waals surface area contributed by atoms with E-state index in [1.165, 1.54) is 0 Å². The lowest BCUT2D eigenvalue weighted by molar-refractivity contribution is -0.161. The van der Waals surface area contributed by atoms with E-state index in [4.69, 9.17) is 10.5 Å². The molecule has 0 spiro atoms. The highest BCUT2D eigenvalue weighted by Crippen LogP contribution is 2.21. The number of amides is 1. The van der Waals surface area contributed by atoms with E-state index in [1.807, 2.05) is 32.6 Å². The maximum atomic E-state index is 11.9. The second kappa shape index (κ2) is 4.49. The number of rotatable bonds is 2. The molecule has 1 fully saturated rings. The predicted octanol–water partition coefficient (Wildman–Crippen LogP) is 0.607. The first-order valence-corrected chi connectivity index (χ1v) is 5.52. The normalized spacial score (nSPS) is 25.7. The maximum absolute atomic E-state index is 11.9. The summed E-state index contributed by atoms with van der Waals surface area (Å²) >= 11 is 0. The Hall–Kier alpha value is -0.610. The minimum absolute atomic E-state index is 0.0311. The molecule has 0 aromatic carbocycles. The number of nitrogens with two attached hydrogens (primary N) is 1. The number of carbonyl (C=O) groups is 1. The zero-order valence-electron chi connectivity index (χ0n) is 10.1. The van der Waals surface area contributed by atoms with Crippen LogP contribution >= 0.6 is 0 Å². The van der Waals surface area contributed by atoms with E-state index in [2.05, 4.69) is 0 Å². The molecule has 0 radical (unpaired) electrons. The standard InChI is InChI=1S/C11H22N2O2/c1-8(2)10(14)13-6-9(5-12)15-11(3,4)7-13/h8-9H,5-7,12H2,1-4H3. The number of hydrogen-bond acceptors (Lipinski definition) is 3. The van der Waals surface area contributed by atoms with Crippen LogP contribution in [0, 0.1) is 5.92 Å². The highest BCUT2D eigenvalue weighted by molar-refractivity contribution is 5.78. The summed E-state index contributed by atoms with van der Waals surface area (Å²) in [4.78, 5) is 13.7. The lowest BCUT2D eigenvalue weighted by Crippen LogP contribution is -2.57. The molecule has 88 valence electrons. The van der Waals surface area contributed by atoms with E-state index in [0.717, 1.165) is 0 Å². The summed E-state index contributed by atoms with van der Waals surface area (Å²) < 4.78 is 5.76. The van der Waals surface area contributed by atoms with Crippen LogP contribution < -0.4 is 5.73 Å². The smallest absolute Gasteiger partial charge is 0.225 e. The summed E-state index contributed by atoms with van der Waals surface area (Å²) in [5, 5.41) is 0. The molecule has 0 bridgehead atoms. The van der Waals surface area contributed by atoms with Gasteiger partial charge in [-0.2, -0.15) is 0 Å². The summed E-state index contributed by atoms with van der Waals surface area (Å²) in [6.07, 6.45) is -0.0311. The van der Waals surface area contributed by atoms with Gasteiger partial charge in [0.1, 0.15) is 0 Å². The molecule has 1 saturated heterocycles. The molecule has 1 atom stereocenters. The molecule has 1 aliphatic heterocycles. The van der Waals surface area contributed by atoms with Crippen molar-refractivity contribution in [2.24, 2.45) is 11.7 Å². The largest absolute Gasteiger partial charge is 0.367 e. The first-order valence-electron chi connectivity index (χ1n) is 5.52. The summed E-state index contributed by atoms with van der Waals surface area (Å²) in [6, 6.07) is 0. The van der Waals surface area contributed by atoms with Crippen LogP contribution in [0.2, 0.25) is 0 Å².